The van der Waals surface area contributed by atoms with E-state index in [2.05, 4.69) is 63.3 Å². The van der Waals surface area contributed by atoms with Crippen LogP contribution < -0.4 is 5.32 Å². The van der Waals surface area contributed by atoms with Crippen molar-refractivity contribution in [1.29, 1.82) is 0 Å². The molecule has 2 rings (SSSR count). The van der Waals surface area contributed by atoms with Crippen molar-refractivity contribution in [3.8, 4) is 0 Å². The minimum Gasteiger partial charge on any atom is -0.310 e. The summed E-state index contributed by atoms with van der Waals surface area (Å²) in [5, 5.41) is 4.37. The van der Waals surface area contributed by atoms with E-state index in [0.29, 0.717) is 6.04 Å². The summed E-state index contributed by atoms with van der Waals surface area (Å²) in [6, 6.07) is 8.79. The number of rotatable bonds is 5. The van der Waals surface area contributed by atoms with E-state index in [4.69, 9.17) is 0 Å². The average Bonchev–Trinajstić information content (AvgIpc) is 2.39. The molecule has 5 heteroatoms. The standard InChI is InChI=1S/C14H16BrN3S/c1-10(2)17-8-11-3-4-12(7-13(11)15)19-14-5-6-16-9-18-14/h3-7,9-10,17H,8H2,1-2H3. The Balaban J connectivity index is 2.06. The third kappa shape index (κ3) is 4.60. The number of halogens is 1. The van der Waals surface area contributed by atoms with Crippen LogP contribution in [0.3, 0.4) is 0 Å². The van der Waals surface area contributed by atoms with Crippen molar-refractivity contribution in [3.05, 3.63) is 46.8 Å². The van der Waals surface area contributed by atoms with Crippen LogP contribution in [0.1, 0.15) is 19.4 Å². The first-order valence-corrected chi connectivity index (χ1v) is 7.72. The van der Waals surface area contributed by atoms with Crippen LogP contribution in [0.4, 0.5) is 0 Å². The molecule has 100 valence electrons. The largest absolute Gasteiger partial charge is 0.310 e. The zero-order valence-electron chi connectivity index (χ0n) is 10.9. The lowest BCUT2D eigenvalue weighted by atomic mass is 10.2. The summed E-state index contributed by atoms with van der Waals surface area (Å²) in [6.07, 6.45) is 3.32. The van der Waals surface area contributed by atoms with Crippen molar-refractivity contribution in [2.45, 2.75) is 36.4 Å². The second-order valence-electron chi connectivity index (χ2n) is 4.44. The maximum absolute atomic E-state index is 4.21. The zero-order valence-corrected chi connectivity index (χ0v) is 13.3. The smallest absolute Gasteiger partial charge is 0.116 e. The van der Waals surface area contributed by atoms with E-state index in [0.717, 1.165) is 16.0 Å². The van der Waals surface area contributed by atoms with Crippen LogP contribution in [0.15, 0.2) is 51.2 Å². The molecule has 1 aromatic carbocycles. The van der Waals surface area contributed by atoms with Crippen molar-refractivity contribution >= 4 is 27.7 Å². The highest BCUT2D eigenvalue weighted by molar-refractivity contribution is 9.10. The van der Waals surface area contributed by atoms with Gasteiger partial charge in [0.1, 0.15) is 11.4 Å². The first-order valence-electron chi connectivity index (χ1n) is 6.11. The molecule has 0 amide bonds. The molecule has 0 fully saturated rings. The Labute approximate surface area is 126 Å². The van der Waals surface area contributed by atoms with Crippen LogP contribution in [0.2, 0.25) is 0 Å². The molecule has 3 nitrogen and oxygen atoms in total. The molecule has 1 N–H and O–H groups in total. The molecule has 0 bridgehead atoms. The van der Waals surface area contributed by atoms with Crippen molar-refractivity contribution in [2.24, 2.45) is 0 Å². The highest BCUT2D eigenvalue weighted by atomic mass is 79.9. The number of benzene rings is 1. The predicted molar refractivity (Wildman–Crippen MR) is 82.3 cm³/mol. The van der Waals surface area contributed by atoms with E-state index >= 15 is 0 Å². The van der Waals surface area contributed by atoms with Gasteiger partial charge in [-0.2, -0.15) is 0 Å². The Morgan fingerprint density at radius 1 is 1.32 bits per heavy atom. The molecule has 0 atom stereocenters. The van der Waals surface area contributed by atoms with Crippen LogP contribution in [0, 0.1) is 0 Å². The van der Waals surface area contributed by atoms with Gasteiger partial charge in [0.2, 0.25) is 0 Å². The van der Waals surface area contributed by atoms with Crippen LogP contribution in [-0.4, -0.2) is 16.0 Å². The summed E-state index contributed by atoms with van der Waals surface area (Å²) in [5.74, 6) is 0. The van der Waals surface area contributed by atoms with Gasteiger partial charge in [-0.25, -0.2) is 9.97 Å². The summed E-state index contributed by atoms with van der Waals surface area (Å²) in [4.78, 5) is 9.29. The topological polar surface area (TPSA) is 37.8 Å². The summed E-state index contributed by atoms with van der Waals surface area (Å²) in [7, 11) is 0. The maximum atomic E-state index is 4.21. The molecular formula is C14H16BrN3S. The lowest BCUT2D eigenvalue weighted by Crippen LogP contribution is -2.21. The maximum Gasteiger partial charge on any atom is 0.116 e. The fraction of sp³-hybridized carbons (Fsp3) is 0.286. The second kappa shape index (κ2) is 7.03. The van der Waals surface area contributed by atoms with Crippen molar-refractivity contribution in [2.75, 3.05) is 0 Å². The molecule has 0 saturated carbocycles. The first-order chi connectivity index (χ1) is 9.15. The number of aromatic nitrogens is 2. The van der Waals surface area contributed by atoms with E-state index in [-0.39, 0.29) is 0 Å². The van der Waals surface area contributed by atoms with E-state index in [1.54, 1.807) is 24.3 Å². The van der Waals surface area contributed by atoms with Gasteiger partial charge in [-0.3, -0.25) is 0 Å². The molecule has 0 radical (unpaired) electrons. The van der Waals surface area contributed by atoms with Gasteiger partial charge in [-0.1, -0.05) is 47.6 Å². The third-order valence-electron chi connectivity index (χ3n) is 2.50. The molecule has 1 heterocycles. The van der Waals surface area contributed by atoms with Gasteiger partial charge in [0, 0.05) is 28.2 Å². The van der Waals surface area contributed by atoms with E-state index in [1.165, 1.54) is 10.5 Å². The molecular weight excluding hydrogens is 322 g/mol. The number of nitrogens with zero attached hydrogens (tertiary/aromatic N) is 2. The monoisotopic (exact) mass is 337 g/mol. The normalized spacial score (nSPS) is 10.9. The minimum atomic E-state index is 0.488. The lowest BCUT2D eigenvalue weighted by Gasteiger charge is -2.10. The predicted octanol–water partition coefficient (Wildman–Crippen LogP) is 3.89. The van der Waals surface area contributed by atoms with Crippen LogP contribution in [0.25, 0.3) is 0 Å². The van der Waals surface area contributed by atoms with E-state index in [9.17, 15) is 0 Å². The Morgan fingerprint density at radius 3 is 2.79 bits per heavy atom. The average molecular weight is 338 g/mol. The van der Waals surface area contributed by atoms with Gasteiger partial charge in [0.15, 0.2) is 0 Å². The summed E-state index contributed by atoms with van der Waals surface area (Å²) in [6.45, 7) is 5.16. The quantitative estimate of drug-likeness (QED) is 0.840. The SMILES string of the molecule is CC(C)NCc1ccc(Sc2ccncn2)cc1Br. The Bertz CT molecular complexity index is 531. The van der Waals surface area contributed by atoms with Gasteiger partial charge in [0.25, 0.3) is 0 Å². The molecule has 1 aromatic heterocycles. The Hall–Kier alpha value is -0.910. The number of nitrogens with one attached hydrogen (secondary N) is 1. The van der Waals surface area contributed by atoms with Crippen molar-refractivity contribution in [1.82, 2.24) is 15.3 Å². The highest BCUT2D eigenvalue weighted by Gasteiger charge is 2.04. The summed E-state index contributed by atoms with van der Waals surface area (Å²) < 4.78 is 1.12. The van der Waals surface area contributed by atoms with Gasteiger partial charge in [0.05, 0.1) is 0 Å². The number of hydrogen-bond donors (Lipinski definition) is 1. The van der Waals surface area contributed by atoms with Crippen LogP contribution >= 0.6 is 27.7 Å². The molecule has 2 aromatic rings. The lowest BCUT2D eigenvalue weighted by molar-refractivity contribution is 0.587. The third-order valence-corrected chi connectivity index (χ3v) is 4.18. The molecule has 0 aliphatic rings. The fourth-order valence-electron chi connectivity index (χ4n) is 1.51. The Kier molecular flexibility index (Phi) is 5.36. The molecule has 0 aliphatic heterocycles. The van der Waals surface area contributed by atoms with Gasteiger partial charge in [-0.15, -0.1) is 0 Å². The van der Waals surface area contributed by atoms with Crippen LogP contribution in [-0.2, 0) is 6.54 Å². The molecule has 0 aliphatic carbocycles. The second-order valence-corrected chi connectivity index (χ2v) is 6.39. The van der Waals surface area contributed by atoms with Crippen LogP contribution in [0.5, 0.6) is 0 Å². The zero-order chi connectivity index (χ0) is 13.7. The van der Waals surface area contributed by atoms with Gasteiger partial charge >= 0.3 is 0 Å². The summed E-state index contributed by atoms with van der Waals surface area (Å²) >= 11 is 5.26. The highest BCUT2D eigenvalue weighted by Crippen LogP contribution is 2.29. The van der Waals surface area contributed by atoms with Crippen molar-refractivity contribution in [3.63, 3.8) is 0 Å². The van der Waals surface area contributed by atoms with E-state index < -0.39 is 0 Å². The first kappa shape index (κ1) is 14.5. The minimum absolute atomic E-state index is 0.488. The fourth-order valence-corrected chi connectivity index (χ4v) is 2.96. The summed E-state index contributed by atoms with van der Waals surface area (Å²) in [5.41, 5.74) is 1.26. The van der Waals surface area contributed by atoms with Gasteiger partial charge < -0.3 is 5.32 Å². The molecule has 19 heavy (non-hydrogen) atoms. The van der Waals surface area contributed by atoms with E-state index in [1.807, 2.05) is 6.07 Å². The Morgan fingerprint density at radius 2 is 2.16 bits per heavy atom. The molecule has 0 saturated heterocycles. The van der Waals surface area contributed by atoms with Gasteiger partial charge in [-0.05, 0) is 23.8 Å². The number of hydrogen-bond acceptors (Lipinski definition) is 4. The van der Waals surface area contributed by atoms with Crippen molar-refractivity contribution < 1.29 is 0 Å². The molecule has 0 unspecified atom stereocenters. The molecule has 0 spiro atoms.